The van der Waals surface area contributed by atoms with Crippen molar-refractivity contribution in [3.05, 3.63) is 29.8 Å². The Kier molecular flexibility index (Phi) is 3.82. The highest BCUT2D eigenvalue weighted by Gasteiger charge is 2.36. The van der Waals surface area contributed by atoms with E-state index in [0.717, 1.165) is 19.4 Å². The van der Waals surface area contributed by atoms with Gasteiger partial charge in [-0.15, -0.1) is 0 Å². The zero-order valence-electron chi connectivity index (χ0n) is 11.9. The molecule has 0 aromatic heterocycles. The molecule has 2 fully saturated rings. The number of benzene rings is 1. The molecule has 0 saturated heterocycles. The predicted molar refractivity (Wildman–Crippen MR) is 79.3 cm³/mol. The number of amides is 2. The minimum absolute atomic E-state index is 0.0296. The van der Waals surface area contributed by atoms with Gasteiger partial charge in [-0.2, -0.15) is 0 Å². The monoisotopic (exact) mass is 288 g/mol. The first-order valence-corrected chi connectivity index (χ1v) is 7.50. The second-order valence-corrected chi connectivity index (χ2v) is 6.03. The first kappa shape index (κ1) is 13.9. The molecule has 0 spiro atoms. The number of nitrogens with one attached hydrogen (secondary N) is 1. The first-order chi connectivity index (χ1) is 10.1. The zero-order chi connectivity index (χ0) is 14.8. The molecule has 2 saturated carbocycles. The molecule has 1 aromatic carbocycles. The summed E-state index contributed by atoms with van der Waals surface area (Å²) in [6.45, 7) is 0.852. The number of nitrogens with zero attached hydrogens (tertiary/aromatic N) is 1. The Hall–Kier alpha value is -2.04. The van der Waals surface area contributed by atoms with Crippen LogP contribution in [0.4, 0.5) is 10.5 Å². The Labute approximate surface area is 123 Å². The maximum atomic E-state index is 12.4. The summed E-state index contributed by atoms with van der Waals surface area (Å²) in [7, 11) is 0. The van der Waals surface area contributed by atoms with Crippen LogP contribution in [0.2, 0.25) is 0 Å². The third-order valence-electron chi connectivity index (χ3n) is 3.93. The van der Waals surface area contributed by atoms with Gasteiger partial charge in [0, 0.05) is 18.3 Å². The molecule has 2 amide bonds. The second-order valence-electron chi connectivity index (χ2n) is 6.03. The van der Waals surface area contributed by atoms with Crippen LogP contribution in [0.3, 0.4) is 0 Å². The van der Waals surface area contributed by atoms with Crippen molar-refractivity contribution in [2.45, 2.75) is 38.1 Å². The van der Waals surface area contributed by atoms with E-state index < -0.39 is 5.97 Å². The van der Waals surface area contributed by atoms with Crippen molar-refractivity contribution >= 4 is 17.7 Å². The summed E-state index contributed by atoms with van der Waals surface area (Å²) in [6.07, 6.45) is 4.62. The molecule has 0 unspecified atom stereocenters. The normalized spacial score (nSPS) is 17.3. The lowest BCUT2D eigenvalue weighted by atomic mass is 10.1. The first-order valence-electron chi connectivity index (χ1n) is 7.50. The molecule has 0 atom stereocenters. The van der Waals surface area contributed by atoms with E-state index in [9.17, 15) is 9.59 Å². The average Bonchev–Trinajstić information content (AvgIpc) is 3.29. The van der Waals surface area contributed by atoms with Crippen molar-refractivity contribution in [1.29, 1.82) is 0 Å². The van der Waals surface area contributed by atoms with Gasteiger partial charge in [0.25, 0.3) is 0 Å². The SMILES string of the molecule is O=C(O)Cc1cccc(NC(=O)N(CC2CC2)C2CC2)c1. The summed E-state index contributed by atoms with van der Waals surface area (Å²) in [5, 5.41) is 11.7. The van der Waals surface area contributed by atoms with Gasteiger partial charge in [0.05, 0.1) is 6.42 Å². The number of carbonyl (C=O) groups excluding carboxylic acids is 1. The molecule has 5 heteroatoms. The standard InChI is InChI=1S/C16H20N2O3/c19-15(20)9-12-2-1-3-13(8-12)17-16(21)18(14-6-7-14)10-11-4-5-11/h1-3,8,11,14H,4-7,9-10H2,(H,17,21)(H,19,20). The maximum absolute atomic E-state index is 12.4. The maximum Gasteiger partial charge on any atom is 0.322 e. The lowest BCUT2D eigenvalue weighted by molar-refractivity contribution is -0.136. The van der Waals surface area contributed by atoms with Crippen molar-refractivity contribution < 1.29 is 14.7 Å². The molecule has 0 radical (unpaired) electrons. The molecule has 2 N–H and O–H groups in total. The summed E-state index contributed by atoms with van der Waals surface area (Å²) in [5.74, 6) is -0.193. The molecule has 0 heterocycles. The summed E-state index contributed by atoms with van der Waals surface area (Å²) in [5.41, 5.74) is 1.36. The van der Waals surface area contributed by atoms with E-state index in [1.165, 1.54) is 12.8 Å². The second kappa shape index (κ2) is 5.76. The highest BCUT2D eigenvalue weighted by Crippen LogP contribution is 2.35. The Balaban J connectivity index is 1.63. The van der Waals surface area contributed by atoms with E-state index in [1.807, 2.05) is 4.90 Å². The van der Waals surface area contributed by atoms with Crippen LogP contribution in [0.15, 0.2) is 24.3 Å². The van der Waals surface area contributed by atoms with Crippen LogP contribution >= 0.6 is 0 Å². The smallest absolute Gasteiger partial charge is 0.322 e. The quantitative estimate of drug-likeness (QED) is 0.845. The van der Waals surface area contributed by atoms with Gasteiger partial charge in [0.1, 0.15) is 0 Å². The van der Waals surface area contributed by atoms with Crippen LogP contribution < -0.4 is 5.32 Å². The number of carbonyl (C=O) groups is 2. The van der Waals surface area contributed by atoms with Crippen molar-refractivity contribution in [2.24, 2.45) is 5.92 Å². The molecule has 112 valence electrons. The Bertz CT molecular complexity index is 550. The third-order valence-corrected chi connectivity index (χ3v) is 3.93. The zero-order valence-corrected chi connectivity index (χ0v) is 11.9. The fraction of sp³-hybridized carbons (Fsp3) is 0.500. The van der Waals surface area contributed by atoms with E-state index >= 15 is 0 Å². The van der Waals surface area contributed by atoms with Crippen molar-refractivity contribution in [1.82, 2.24) is 4.90 Å². The molecule has 1 aromatic rings. The average molecular weight is 288 g/mol. The molecule has 0 bridgehead atoms. The lowest BCUT2D eigenvalue weighted by Crippen LogP contribution is -2.38. The number of anilines is 1. The van der Waals surface area contributed by atoms with Gasteiger partial charge < -0.3 is 15.3 Å². The molecule has 21 heavy (non-hydrogen) atoms. The Morgan fingerprint density at radius 3 is 2.62 bits per heavy atom. The summed E-state index contributed by atoms with van der Waals surface area (Å²) in [6, 6.07) is 7.40. The van der Waals surface area contributed by atoms with Crippen LogP contribution in [-0.2, 0) is 11.2 Å². The molecule has 2 aliphatic rings. The van der Waals surface area contributed by atoms with Crippen molar-refractivity contribution in [3.8, 4) is 0 Å². The summed E-state index contributed by atoms with van der Waals surface area (Å²) < 4.78 is 0. The third kappa shape index (κ3) is 3.97. The number of carboxylic acid groups (broad SMARTS) is 1. The largest absolute Gasteiger partial charge is 0.481 e. The minimum atomic E-state index is -0.869. The highest BCUT2D eigenvalue weighted by molar-refractivity contribution is 5.90. The van der Waals surface area contributed by atoms with Crippen molar-refractivity contribution in [2.75, 3.05) is 11.9 Å². The molecule has 2 aliphatic carbocycles. The minimum Gasteiger partial charge on any atom is -0.481 e. The number of rotatable bonds is 6. The van der Waals surface area contributed by atoms with Gasteiger partial charge in [-0.1, -0.05) is 12.1 Å². The van der Waals surface area contributed by atoms with E-state index in [1.54, 1.807) is 24.3 Å². The molecule has 5 nitrogen and oxygen atoms in total. The number of hydrogen-bond donors (Lipinski definition) is 2. The number of hydrogen-bond acceptors (Lipinski definition) is 2. The van der Waals surface area contributed by atoms with Gasteiger partial charge in [-0.05, 0) is 49.3 Å². The van der Waals surface area contributed by atoms with Crippen molar-refractivity contribution in [3.63, 3.8) is 0 Å². The van der Waals surface area contributed by atoms with Gasteiger partial charge in [-0.25, -0.2) is 4.79 Å². The molecule has 3 rings (SSSR count). The number of urea groups is 1. The predicted octanol–water partition coefficient (Wildman–Crippen LogP) is 2.72. The van der Waals surface area contributed by atoms with Crippen LogP contribution in [0, 0.1) is 5.92 Å². The van der Waals surface area contributed by atoms with Crippen LogP contribution in [-0.4, -0.2) is 34.6 Å². The fourth-order valence-electron chi connectivity index (χ4n) is 2.49. The Morgan fingerprint density at radius 1 is 1.24 bits per heavy atom. The lowest BCUT2D eigenvalue weighted by Gasteiger charge is -2.22. The van der Waals surface area contributed by atoms with Crippen LogP contribution in [0.5, 0.6) is 0 Å². The molecular formula is C16H20N2O3. The van der Waals surface area contributed by atoms with E-state index in [4.69, 9.17) is 5.11 Å². The van der Waals surface area contributed by atoms with E-state index in [0.29, 0.717) is 23.2 Å². The number of carboxylic acids is 1. The fourth-order valence-corrected chi connectivity index (χ4v) is 2.49. The topological polar surface area (TPSA) is 69.6 Å². The highest BCUT2D eigenvalue weighted by atomic mass is 16.4. The summed E-state index contributed by atoms with van der Waals surface area (Å²) in [4.78, 5) is 25.1. The molecule has 0 aliphatic heterocycles. The van der Waals surface area contributed by atoms with Crippen LogP contribution in [0.25, 0.3) is 0 Å². The van der Waals surface area contributed by atoms with Gasteiger partial charge in [-0.3, -0.25) is 4.79 Å². The van der Waals surface area contributed by atoms with Gasteiger partial charge >= 0.3 is 12.0 Å². The summed E-state index contributed by atoms with van der Waals surface area (Å²) >= 11 is 0. The van der Waals surface area contributed by atoms with Gasteiger partial charge in [0.2, 0.25) is 0 Å². The number of aliphatic carboxylic acids is 1. The van der Waals surface area contributed by atoms with E-state index in [-0.39, 0.29) is 12.5 Å². The Morgan fingerprint density at radius 2 is 2.00 bits per heavy atom. The van der Waals surface area contributed by atoms with Crippen LogP contribution in [0.1, 0.15) is 31.2 Å². The van der Waals surface area contributed by atoms with Gasteiger partial charge in [0.15, 0.2) is 0 Å². The van der Waals surface area contributed by atoms with E-state index in [2.05, 4.69) is 5.32 Å². The molecular weight excluding hydrogens is 268 g/mol.